The third-order valence-corrected chi connectivity index (χ3v) is 5.39. The monoisotopic (exact) mass is 450 g/mol. The average molecular weight is 451 g/mol. The van der Waals surface area contributed by atoms with Crippen LogP contribution in [0.15, 0.2) is 78.9 Å². The summed E-state index contributed by atoms with van der Waals surface area (Å²) in [5.41, 5.74) is 2.88. The minimum atomic E-state index is -0.688. The molecule has 2 amide bonds. The van der Waals surface area contributed by atoms with Crippen molar-refractivity contribution >= 4 is 23.4 Å². The van der Waals surface area contributed by atoms with Gasteiger partial charge in [-0.2, -0.15) is 0 Å². The molecule has 0 aliphatic carbocycles. The molecule has 0 saturated heterocycles. The van der Waals surface area contributed by atoms with E-state index in [0.29, 0.717) is 17.2 Å². The number of carbonyl (C=O) groups excluding carboxylic acids is 2. The normalized spacial score (nSPS) is 11.5. The predicted octanol–water partition coefficient (Wildman–Crippen LogP) is 4.41. The fourth-order valence-electron chi connectivity index (χ4n) is 3.44. The highest BCUT2D eigenvalue weighted by molar-refractivity contribution is 6.30. The second-order valence-corrected chi connectivity index (χ2v) is 8.01. The summed E-state index contributed by atoms with van der Waals surface area (Å²) in [6.07, 6.45) is 0.393. The first-order valence-corrected chi connectivity index (χ1v) is 10.8. The number of carbonyl (C=O) groups is 2. The molecule has 6 heteroatoms. The highest BCUT2D eigenvalue weighted by Gasteiger charge is 2.30. The molecule has 3 aromatic rings. The summed E-state index contributed by atoms with van der Waals surface area (Å²) in [7, 11) is 1.58. The highest BCUT2D eigenvalue weighted by Crippen LogP contribution is 2.18. The number of ether oxygens (including phenoxy) is 1. The Morgan fingerprint density at radius 3 is 2.34 bits per heavy atom. The average Bonchev–Trinajstić information content (AvgIpc) is 2.81. The van der Waals surface area contributed by atoms with Gasteiger partial charge in [-0.15, -0.1) is 0 Å². The topological polar surface area (TPSA) is 58.6 Å². The third-order valence-electron chi connectivity index (χ3n) is 5.14. The molecule has 3 rings (SSSR count). The van der Waals surface area contributed by atoms with Crippen LogP contribution in [-0.4, -0.2) is 36.4 Å². The van der Waals surface area contributed by atoms with Gasteiger partial charge in [-0.3, -0.25) is 9.59 Å². The minimum Gasteiger partial charge on any atom is -0.484 e. The van der Waals surface area contributed by atoms with E-state index in [1.54, 1.807) is 24.1 Å². The molecule has 166 valence electrons. The van der Waals surface area contributed by atoms with Crippen LogP contribution in [0.2, 0.25) is 5.02 Å². The van der Waals surface area contributed by atoms with E-state index < -0.39 is 6.04 Å². The number of nitrogens with zero attached hydrogens (tertiary/aromatic N) is 1. The molecular formula is C26H27ClN2O3. The van der Waals surface area contributed by atoms with E-state index in [4.69, 9.17) is 16.3 Å². The zero-order valence-electron chi connectivity index (χ0n) is 18.3. The molecule has 0 aliphatic heterocycles. The fraction of sp³-hybridized carbons (Fsp3) is 0.231. The van der Waals surface area contributed by atoms with Crippen molar-refractivity contribution in [1.29, 1.82) is 0 Å². The summed E-state index contributed by atoms with van der Waals surface area (Å²) in [6.45, 7) is 2.06. The third kappa shape index (κ3) is 6.59. The fourth-order valence-corrected chi connectivity index (χ4v) is 3.57. The number of likely N-dealkylation sites (N-methyl/N-ethyl adjacent to an activating group) is 1. The Morgan fingerprint density at radius 1 is 0.969 bits per heavy atom. The Labute approximate surface area is 194 Å². The van der Waals surface area contributed by atoms with Crippen LogP contribution in [0, 0.1) is 6.92 Å². The Bertz CT molecular complexity index is 1040. The smallest absolute Gasteiger partial charge is 0.261 e. The van der Waals surface area contributed by atoms with E-state index in [-0.39, 0.29) is 25.0 Å². The lowest BCUT2D eigenvalue weighted by molar-refractivity contribution is -0.142. The van der Waals surface area contributed by atoms with Crippen molar-refractivity contribution in [2.45, 2.75) is 25.9 Å². The van der Waals surface area contributed by atoms with E-state index in [1.807, 2.05) is 73.7 Å². The summed E-state index contributed by atoms with van der Waals surface area (Å²) in [5, 5.41) is 3.31. The summed E-state index contributed by atoms with van der Waals surface area (Å²) in [6, 6.07) is 23.7. The van der Waals surface area contributed by atoms with Gasteiger partial charge in [0, 0.05) is 25.0 Å². The van der Waals surface area contributed by atoms with E-state index in [2.05, 4.69) is 5.32 Å². The van der Waals surface area contributed by atoms with Crippen molar-refractivity contribution in [2.75, 3.05) is 13.7 Å². The van der Waals surface area contributed by atoms with Crippen LogP contribution >= 0.6 is 11.6 Å². The maximum atomic E-state index is 13.3. The van der Waals surface area contributed by atoms with E-state index >= 15 is 0 Å². The number of amides is 2. The molecule has 0 spiro atoms. The van der Waals surface area contributed by atoms with Gasteiger partial charge in [0.05, 0.1) is 0 Å². The van der Waals surface area contributed by atoms with Gasteiger partial charge >= 0.3 is 0 Å². The maximum Gasteiger partial charge on any atom is 0.261 e. The van der Waals surface area contributed by atoms with Crippen LogP contribution < -0.4 is 10.1 Å². The molecule has 1 atom stereocenters. The second kappa shape index (κ2) is 11.3. The van der Waals surface area contributed by atoms with Crippen LogP contribution in [-0.2, 0) is 22.6 Å². The summed E-state index contributed by atoms with van der Waals surface area (Å²) < 4.78 is 5.76. The molecule has 0 aliphatic rings. The number of hydrogen-bond acceptors (Lipinski definition) is 3. The molecule has 5 nitrogen and oxygen atoms in total. The SMILES string of the molecule is CNC(=O)[C@H](Cc1ccccc1)N(Cc1ccc(Cl)cc1)C(=O)COc1cccc(C)c1. The van der Waals surface area contributed by atoms with E-state index in [0.717, 1.165) is 16.7 Å². The molecule has 0 bridgehead atoms. The van der Waals surface area contributed by atoms with Crippen molar-refractivity contribution in [3.05, 3.63) is 101 Å². The van der Waals surface area contributed by atoms with Gasteiger partial charge in [0.1, 0.15) is 11.8 Å². The summed E-state index contributed by atoms with van der Waals surface area (Å²) in [4.78, 5) is 27.8. The highest BCUT2D eigenvalue weighted by atomic mass is 35.5. The van der Waals surface area contributed by atoms with Gasteiger partial charge in [0.2, 0.25) is 5.91 Å². The van der Waals surface area contributed by atoms with Gasteiger partial charge in [-0.25, -0.2) is 0 Å². The lowest BCUT2D eigenvalue weighted by Crippen LogP contribution is -2.51. The minimum absolute atomic E-state index is 0.167. The Morgan fingerprint density at radius 2 is 1.69 bits per heavy atom. The zero-order valence-corrected chi connectivity index (χ0v) is 19.0. The van der Waals surface area contributed by atoms with Gasteiger partial charge in [-0.1, -0.05) is 66.2 Å². The van der Waals surface area contributed by atoms with Crippen LogP contribution in [0.5, 0.6) is 5.75 Å². The molecule has 0 fully saturated rings. The molecule has 0 saturated carbocycles. The number of hydrogen-bond donors (Lipinski definition) is 1. The maximum absolute atomic E-state index is 13.3. The van der Waals surface area contributed by atoms with Crippen LogP contribution in [0.1, 0.15) is 16.7 Å². The number of nitrogens with one attached hydrogen (secondary N) is 1. The van der Waals surface area contributed by atoms with Crippen molar-refractivity contribution in [3.63, 3.8) is 0 Å². The first-order chi connectivity index (χ1) is 15.5. The summed E-state index contributed by atoms with van der Waals surface area (Å²) >= 11 is 6.02. The zero-order chi connectivity index (χ0) is 22.9. The lowest BCUT2D eigenvalue weighted by Gasteiger charge is -2.31. The predicted molar refractivity (Wildman–Crippen MR) is 127 cm³/mol. The van der Waals surface area contributed by atoms with Crippen molar-refractivity contribution in [1.82, 2.24) is 10.2 Å². The number of rotatable bonds is 9. The van der Waals surface area contributed by atoms with Crippen LogP contribution in [0.25, 0.3) is 0 Å². The standard InChI is InChI=1S/C26H27ClN2O3/c1-19-7-6-10-23(15-19)32-18-25(30)29(17-21-11-13-22(27)14-12-21)24(26(31)28-2)16-20-8-4-3-5-9-20/h3-15,24H,16-18H2,1-2H3,(H,28,31)/t24-/m0/s1. The molecule has 0 radical (unpaired) electrons. The molecule has 0 aromatic heterocycles. The lowest BCUT2D eigenvalue weighted by atomic mass is 10.0. The number of benzene rings is 3. The summed E-state index contributed by atoms with van der Waals surface area (Å²) in [5.74, 6) is 0.113. The number of aryl methyl sites for hydroxylation is 1. The molecule has 1 N–H and O–H groups in total. The van der Waals surface area contributed by atoms with Gasteiger partial charge < -0.3 is 15.0 Å². The largest absolute Gasteiger partial charge is 0.484 e. The van der Waals surface area contributed by atoms with Crippen LogP contribution in [0.3, 0.4) is 0 Å². The van der Waals surface area contributed by atoms with Gasteiger partial charge in [0.25, 0.3) is 5.91 Å². The van der Waals surface area contributed by atoms with E-state index in [1.165, 1.54) is 0 Å². The number of halogens is 1. The van der Waals surface area contributed by atoms with Gasteiger partial charge in [-0.05, 0) is 47.9 Å². The van der Waals surface area contributed by atoms with Crippen molar-refractivity contribution < 1.29 is 14.3 Å². The van der Waals surface area contributed by atoms with Gasteiger partial charge in [0.15, 0.2) is 6.61 Å². The second-order valence-electron chi connectivity index (χ2n) is 7.57. The first-order valence-electron chi connectivity index (χ1n) is 10.4. The Balaban J connectivity index is 1.86. The Hall–Kier alpha value is -3.31. The van der Waals surface area contributed by atoms with Crippen LogP contribution in [0.4, 0.5) is 0 Å². The molecular weight excluding hydrogens is 424 g/mol. The van der Waals surface area contributed by atoms with E-state index in [9.17, 15) is 9.59 Å². The first kappa shape index (κ1) is 23.4. The van der Waals surface area contributed by atoms with Crippen molar-refractivity contribution in [3.8, 4) is 5.75 Å². The van der Waals surface area contributed by atoms with Crippen molar-refractivity contribution in [2.24, 2.45) is 0 Å². The molecule has 32 heavy (non-hydrogen) atoms. The quantitative estimate of drug-likeness (QED) is 0.525. The Kier molecular flexibility index (Phi) is 8.28. The molecule has 0 unspecified atom stereocenters. The molecule has 0 heterocycles. The molecule has 3 aromatic carbocycles.